The van der Waals surface area contributed by atoms with Crippen LogP contribution in [0.15, 0.2) is 59.6 Å². The molecule has 1 aliphatic rings. The molecule has 1 saturated carbocycles. The fourth-order valence-electron chi connectivity index (χ4n) is 3.44. The number of benzene rings is 2. The van der Waals surface area contributed by atoms with Gasteiger partial charge in [-0.25, -0.2) is 0 Å². The molecule has 2 atom stereocenters. The number of hydrogen-bond donors (Lipinski definition) is 1. The number of aliphatic imine (C=N–C) groups is 1. The standard InChI is InChI=1S/C21H24N2O/c1-15(22-2)17-12-13-19(17)18-10-6-7-11-20(18)21(24)23-14-16-8-4-3-5-9-16/h3-11,17,19H,12-14H2,1-2H3,(H,23,24)/t17?,19-/m1/s1. The molecule has 0 aliphatic heterocycles. The molecule has 3 nitrogen and oxygen atoms in total. The molecule has 3 heteroatoms. The topological polar surface area (TPSA) is 41.5 Å². The van der Waals surface area contributed by atoms with Crippen molar-refractivity contribution in [3.05, 3.63) is 71.3 Å². The van der Waals surface area contributed by atoms with Gasteiger partial charge in [0.05, 0.1) is 0 Å². The van der Waals surface area contributed by atoms with Crippen LogP contribution in [0.2, 0.25) is 0 Å². The highest BCUT2D eigenvalue weighted by Crippen LogP contribution is 2.44. The third kappa shape index (κ3) is 3.40. The van der Waals surface area contributed by atoms with E-state index in [-0.39, 0.29) is 5.91 Å². The summed E-state index contributed by atoms with van der Waals surface area (Å²) < 4.78 is 0. The zero-order valence-corrected chi connectivity index (χ0v) is 14.3. The second-order valence-corrected chi connectivity index (χ2v) is 6.41. The fourth-order valence-corrected chi connectivity index (χ4v) is 3.44. The molecular weight excluding hydrogens is 296 g/mol. The monoisotopic (exact) mass is 320 g/mol. The van der Waals surface area contributed by atoms with Crippen molar-refractivity contribution in [2.75, 3.05) is 7.05 Å². The van der Waals surface area contributed by atoms with Gasteiger partial charge in [-0.15, -0.1) is 0 Å². The van der Waals surface area contributed by atoms with Crippen molar-refractivity contribution < 1.29 is 4.79 Å². The van der Waals surface area contributed by atoms with Gasteiger partial charge in [-0.05, 0) is 42.9 Å². The zero-order valence-electron chi connectivity index (χ0n) is 14.3. The van der Waals surface area contributed by atoms with Crippen molar-refractivity contribution in [1.29, 1.82) is 0 Å². The normalized spacial score (nSPS) is 20.3. The third-order valence-corrected chi connectivity index (χ3v) is 5.06. The largest absolute Gasteiger partial charge is 0.348 e. The first kappa shape index (κ1) is 16.4. The second kappa shape index (κ2) is 7.43. The van der Waals surface area contributed by atoms with Crippen LogP contribution in [0.1, 0.15) is 47.2 Å². The molecule has 2 aromatic rings. The lowest BCUT2D eigenvalue weighted by Crippen LogP contribution is -2.32. The summed E-state index contributed by atoms with van der Waals surface area (Å²) in [6.45, 7) is 2.65. The summed E-state index contributed by atoms with van der Waals surface area (Å²) in [6, 6.07) is 18.0. The highest BCUT2D eigenvalue weighted by Gasteiger charge is 2.35. The molecule has 1 N–H and O–H groups in total. The quantitative estimate of drug-likeness (QED) is 0.824. The summed E-state index contributed by atoms with van der Waals surface area (Å²) >= 11 is 0. The molecular formula is C21H24N2O. The lowest BCUT2D eigenvalue weighted by Gasteiger charge is -2.38. The van der Waals surface area contributed by atoms with Crippen LogP contribution in [0.4, 0.5) is 0 Å². The Kier molecular flexibility index (Phi) is 5.09. The lowest BCUT2D eigenvalue weighted by molar-refractivity contribution is 0.0948. The van der Waals surface area contributed by atoms with Gasteiger partial charge in [-0.1, -0.05) is 48.5 Å². The average Bonchev–Trinajstić information content (AvgIpc) is 2.60. The maximum Gasteiger partial charge on any atom is 0.251 e. The smallest absolute Gasteiger partial charge is 0.251 e. The first-order valence-corrected chi connectivity index (χ1v) is 8.55. The molecule has 1 unspecified atom stereocenters. The Bertz CT molecular complexity index is 737. The van der Waals surface area contributed by atoms with Crippen LogP contribution in [0.3, 0.4) is 0 Å². The van der Waals surface area contributed by atoms with Crippen LogP contribution in [0.25, 0.3) is 0 Å². The Morgan fingerprint density at radius 2 is 1.79 bits per heavy atom. The minimum Gasteiger partial charge on any atom is -0.348 e. The number of nitrogens with zero attached hydrogens (tertiary/aromatic N) is 1. The Labute approximate surface area is 143 Å². The number of carbonyl (C=O) groups excluding carboxylic acids is 1. The minimum absolute atomic E-state index is 0.00573. The number of nitrogens with one attached hydrogen (secondary N) is 1. The summed E-state index contributed by atoms with van der Waals surface area (Å²) in [4.78, 5) is 17.0. The van der Waals surface area contributed by atoms with Crippen LogP contribution >= 0.6 is 0 Å². The molecule has 1 aliphatic carbocycles. The zero-order chi connectivity index (χ0) is 16.9. The van der Waals surface area contributed by atoms with Crippen molar-refractivity contribution in [1.82, 2.24) is 5.32 Å². The number of carbonyl (C=O) groups is 1. The van der Waals surface area contributed by atoms with Crippen molar-refractivity contribution >= 4 is 11.6 Å². The fraction of sp³-hybridized carbons (Fsp3) is 0.333. The molecule has 1 fully saturated rings. The van der Waals surface area contributed by atoms with E-state index in [1.165, 1.54) is 5.71 Å². The summed E-state index contributed by atoms with van der Waals surface area (Å²) in [6.07, 6.45) is 2.29. The Morgan fingerprint density at radius 1 is 1.08 bits per heavy atom. The predicted octanol–water partition coefficient (Wildman–Crippen LogP) is 4.20. The molecule has 124 valence electrons. The first-order valence-electron chi connectivity index (χ1n) is 8.55. The first-order chi connectivity index (χ1) is 11.7. The SMILES string of the molecule is CN=C(C)C1CC[C@H]1c1ccccc1C(=O)NCc1ccccc1. The maximum atomic E-state index is 12.7. The van der Waals surface area contributed by atoms with Crippen LogP contribution < -0.4 is 5.32 Å². The van der Waals surface area contributed by atoms with Gasteiger partial charge in [-0.2, -0.15) is 0 Å². The van der Waals surface area contributed by atoms with E-state index in [4.69, 9.17) is 0 Å². The minimum atomic E-state index is 0.00573. The van der Waals surface area contributed by atoms with E-state index in [0.29, 0.717) is 18.4 Å². The van der Waals surface area contributed by atoms with E-state index in [9.17, 15) is 4.79 Å². The van der Waals surface area contributed by atoms with E-state index in [0.717, 1.165) is 29.5 Å². The number of amides is 1. The number of rotatable bonds is 5. The summed E-state index contributed by atoms with van der Waals surface area (Å²) in [5.41, 5.74) is 4.25. The van der Waals surface area contributed by atoms with Crippen LogP contribution in [0.5, 0.6) is 0 Å². The number of hydrogen-bond acceptors (Lipinski definition) is 2. The molecule has 0 saturated heterocycles. The van der Waals surface area contributed by atoms with Crippen LogP contribution in [0, 0.1) is 5.92 Å². The molecule has 0 radical (unpaired) electrons. The molecule has 1 amide bonds. The van der Waals surface area contributed by atoms with Crippen LogP contribution in [-0.2, 0) is 6.54 Å². The Morgan fingerprint density at radius 3 is 2.46 bits per heavy atom. The van der Waals surface area contributed by atoms with Crippen LogP contribution in [-0.4, -0.2) is 18.7 Å². The lowest BCUT2D eigenvalue weighted by atomic mass is 9.67. The van der Waals surface area contributed by atoms with Crippen molar-refractivity contribution in [2.24, 2.45) is 10.9 Å². The van der Waals surface area contributed by atoms with Gasteiger partial charge in [0.25, 0.3) is 5.91 Å². The predicted molar refractivity (Wildman–Crippen MR) is 98.6 cm³/mol. The Balaban J connectivity index is 1.75. The average molecular weight is 320 g/mol. The molecule has 0 spiro atoms. The van der Waals surface area contributed by atoms with Gasteiger partial charge in [0.2, 0.25) is 0 Å². The molecule has 0 aromatic heterocycles. The van der Waals surface area contributed by atoms with Gasteiger partial charge in [0.1, 0.15) is 0 Å². The summed E-state index contributed by atoms with van der Waals surface area (Å²) in [5.74, 6) is 0.886. The van der Waals surface area contributed by atoms with Gasteiger partial charge in [0, 0.05) is 30.8 Å². The van der Waals surface area contributed by atoms with Crippen molar-refractivity contribution in [2.45, 2.75) is 32.2 Å². The van der Waals surface area contributed by atoms with Gasteiger partial charge >= 0.3 is 0 Å². The van der Waals surface area contributed by atoms with Crippen molar-refractivity contribution in [3.63, 3.8) is 0 Å². The highest BCUT2D eigenvalue weighted by atomic mass is 16.1. The molecule has 3 rings (SSSR count). The van der Waals surface area contributed by atoms with Crippen molar-refractivity contribution in [3.8, 4) is 0 Å². The molecule has 2 aromatic carbocycles. The van der Waals surface area contributed by atoms with E-state index in [1.54, 1.807) is 0 Å². The summed E-state index contributed by atoms with van der Waals surface area (Å²) in [7, 11) is 1.85. The molecule has 0 bridgehead atoms. The van der Waals surface area contributed by atoms with E-state index >= 15 is 0 Å². The van der Waals surface area contributed by atoms with Gasteiger partial charge < -0.3 is 5.32 Å². The summed E-state index contributed by atoms with van der Waals surface area (Å²) in [5, 5.41) is 3.05. The van der Waals surface area contributed by atoms with Gasteiger partial charge in [0.15, 0.2) is 0 Å². The molecule has 24 heavy (non-hydrogen) atoms. The van der Waals surface area contributed by atoms with E-state index < -0.39 is 0 Å². The highest BCUT2D eigenvalue weighted by molar-refractivity contribution is 5.96. The maximum absolute atomic E-state index is 12.7. The van der Waals surface area contributed by atoms with E-state index in [1.807, 2.05) is 55.6 Å². The van der Waals surface area contributed by atoms with E-state index in [2.05, 4.69) is 23.3 Å². The Hall–Kier alpha value is -2.42. The van der Waals surface area contributed by atoms with Gasteiger partial charge in [-0.3, -0.25) is 9.79 Å². The third-order valence-electron chi connectivity index (χ3n) is 5.06. The molecule has 0 heterocycles. The second-order valence-electron chi connectivity index (χ2n) is 6.41.